The number of sulfone groups is 1. The first kappa shape index (κ1) is 28.0. The third-order valence-corrected chi connectivity index (χ3v) is 8.30. The molecule has 0 unspecified atom stereocenters. The number of amides is 2. The molecule has 0 spiro atoms. The Morgan fingerprint density at radius 1 is 0.897 bits per heavy atom. The van der Waals surface area contributed by atoms with Crippen molar-refractivity contribution in [3.63, 3.8) is 0 Å². The highest BCUT2D eigenvalue weighted by Crippen LogP contribution is 2.33. The van der Waals surface area contributed by atoms with Crippen LogP contribution in [-0.2, 0) is 30.7 Å². The second-order valence-corrected chi connectivity index (χ2v) is 11.6. The fourth-order valence-electron chi connectivity index (χ4n) is 4.33. The highest BCUT2D eigenvalue weighted by Gasteiger charge is 2.29. The van der Waals surface area contributed by atoms with E-state index in [1.165, 1.54) is 28.9 Å². The van der Waals surface area contributed by atoms with Crippen LogP contribution in [-0.4, -0.2) is 50.0 Å². The summed E-state index contributed by atoms with van der Waals surface area (Å²) in [7, 11) is -3.38. The first-order valence-corrected chi connectivity index (χ1v) is 14.6. The monoisotopic (exact) mass is 548 g/mol. The van der Waals surface area contributed by atoms with Gasteiger partial charge in [-0.15, -0.1) is 0 Å². The molecule has 3 aromatic rings. The third-order valence-electron chi connectivity index (χ3n) is 6.40. The third kappa shape index (κ3) is 7.32. The van der Waals surface area contributed by atoms with E-state index in [1.807, 2.05) is 30.3 Å². The SMILES string of the molecule is CCOC(=O)CN(Cc1ccccc1)C(=O)c1cccc(N(C(C)=O)c2ccc(S(=O)(=O)CC3CC3)cc2)c1. The highest BCUT2D eigenvalue weighted by atomic mass is 32.2. The molecule has 0 radical (unpaired) electrons. The minimum Gasteiger partial charge on any atom is -0.465 e. The molecule has 2 amide bonds. The molecule has 1 aliphatic carbocycles. The van der Waals surface area contributed by atoms with E-state index < -0.39 is 21.7 Å². The largest absolute Gasteiger partial charge is 0.465 e. The molecule has 0 atom stereocenters. The Bertz CT molecular complexity index is 1430. The fourth-order valence-corrected chi connectivity index (χ4v) is 6.03. The Balaban J connectivity index is 1.60. The molecule has 0 aromatic heterocycles. The minimum absolute atomic E-state index is 0.137. The van der Waals surface area contributed by atoms with Gasteiger partial charge in [0, 0.05) is 30.4 Å². The number of nitrogens with zero attached hydrogens (tertiary/aromatic N) is 2. The van der Waals surface area contributed by atoms with Crippen molar-refractivity contribution in [1.29, 1.82) is 0 Å². The van der Waals surface area contributed by atoms with Gasteiger partial charge in [-0.2, -0.15) is 0 Å². The number of anilines is 2. The van der Waals surface area contributed by atoms with E-state index in [0.29, 0.717) is 16.9 Å². The predicted octanol–water partition coefficient (Wildman–Crippen LogP) is 4.76. The number of carbonyl (C=O) groups excluding carboxylic acids is 3. The van der Waals surface area contributed by atoms with Crippen molar-refractivity contribution in [2.75, 3.05) is 23.8 Å². The Morgan fingerprint density at radius 2 is 1.59 bits per heavy atom. The van der Waals surface area contributed by atoms with Gasteiger partial charge in [0.15, 0.2) is 9.84 Å². The number of esters is 1. The van der Waals surface area contributed by atoms with Crippen molar-refractivity contribution in [3.05, 3.63) is 90.0 Å². The summed E-state index contributed by atoms with van der Waals surface area (Å²) < 4.78 is 30.4. The zero-order chi connectivity index (χ0) is 28.0. The lowest BCUT2D eigenvalue weighted by atomic mass is 10.1. The second kappa shape index (κ2) is 12.3. The molecular weight excluding hydrogens is 516 g/mol. The highest BCUT2D eigenvalue weighted by molar-refractivity contribution is 7.91. The lowest BCUT2D eigenvalue weighted by molar-refractivity contribution is -0.144. The van der Waals surface area contributed by atoms with Gasteiger partial charge in [-0.3, -0.25) is 19.3 Å². The number of rotatable bonds is 11. The Hall–Kier alpha value is -3.98. The maximum Gasteiger partial charge on any atom is 0.325 e. The van der Waals surface area contributed by atoms with Gasteiger partial charge in [-0.1, -0.05) is 36.4 Å². The molecule has 1 saturated carbocycles. The molecule has 204 valence electrons. The van der Waals surface area contributed by atoms with Crippen molar-refractivity contribution in [3.8, 4) is 0 Å². The molecular formula is C30H32N2O6S. The van der Waals surface area contributed by atoms with Gasteiger partial charge >= 0.3 is 5.97 Å². The first-order valence-electron chi connectivity index (χ1n) is 12.9. The van der Waals surface area contributed by atoms with Crippen molar-refractivity contribution in [1.82, 2.24) is 4.90 Å². The normalized spacial score (nSPS) is 13.0. The Morgan fingerprint density at radius 3 is 2.21 bits per heavy atom. The molecule has 39 heavy (non-hydrogen) atoms. The van der Waals surface area contributed by atoms with Crippen LogP contribution >= 0.6 is 0 Å². The molecule has 0 N–H and O–H groups in total. The average molecular weight is 549 g/mol. The predicted molar refractivity (Wildman–Crippen MR) is 148 cm³/mol. The topological polar surface area (TPSA) is 101 Å². The van der Waals surface area contributed by atoms with Crippen molar-refractivity contribution >= 4 is 39.0 Å². The van der Waals surface area contributed by atoms with E-state index in [2.05, 4.69) is 0 Å². The Kier molecular flexibility index (Phi) is 8.81. The quantitative estimate of drug-likeness (QED) is 0.320. The summed E-state index contributed by atoms with van der Waals surface area (Å²) in [5.41, 5.74) is 2.07. The van der Waals surface area contributed by atoms with E-state index in [1.54, 1.807) is 43.3 Å². The number of benzene rings is 3. The molecule has 1 aliphatic rings. The average Bonchev–Trinajstić information content (AvgIpc) is 3.72. The smallest absolute Gasteiger partial charge is 0.325 e. The van der Waals surface area contributed by atoms with Gasteiger partial charge in [0.1, 0.15) is 6.54 Å². The van der Waals surface area contributed by atoms with Crippen LogP contribution in [0.1, 0.15) is 42.6 Å². The molecule has 0 saturated heterocycles. The number of carbonyl (C=O) groups is 3. The molecule has 9 heteroatoms. The molecule has 3 aromatic carbocycles. The summed E-state index contributed by atoms with van der Waals surface area (Å²) in [5, 5.41) is 0. The van der Waals surface area contributed by atoms with Gasteiger partial charge in [0.2, 0.25) is 5.91 Å². The van der Waals surface area contributed by atoms with Crippen molar-refractivity contribution in [2.45, 2.75) is 38.1 Å². The van der Waals surface area contributed by atoms with Gasteiger partial charge in [0.25, 0.3) is 5.91 Å². The second-order valence-electron chi connectivity index (χ2n) is 9.58. The maximum absolute atomic E-state index is 13.6. The molecule has 0 aliphatic heterocycles. The first-order chi connectivity index (χ1) is 18.7. The minimum atomic E-state index is -3.38. The number of hydrogen-bond acceptors (Lipinski definition) is 6. The lowest BCUT2D eigenvalue weighted by Gasteiger charge is -2.24. The van der Waals surface area contributed by atoms with Crippen LogP contribution in [0, 0.1) is 5.92 Å². The van der Waals surface area contributed by atoms with E-state index >= 15 is 0 Å². The zero-order valence-corrected chi connectivity index (χ0v) is 22.9. The van der Waals surface area contributed by atoms with Crippen LogP contribution in [0.3, 0.4) is 0 Å². The lowest BCUT2D eigenvalue weighted by Crippen LogP contribution is -2.36. The molecule has 1 fully saturated rings. The molecule has 8 nitrogen and oxygen atoms in total. The number of hydrogen-bond donors (Lipinski definition) is 0. The van der Waals surface area contributed by atoms with Gasteiger partial charge < -0.3 is 9.64 Å². The van der Waals surface area contributed by atoms with Crippen LogP contribution in [0.25, 0.3) is 0 Å². The standard InChI is InChI=1S/C30H32N2O6S/c1-3-38-29(34)20-31(19-23-8-5-4-6-9-23)30(35)25-10-7-11-27(18-25)32(22(2)33)26-14-16-28(17-15-26)39(36,37)21-24-12-13-24/h4-11,14-18,24H,3,12-13,19-21H2,1-2H3. The molecule has 4 rings (SSSR count). The fraction of sp³-hybridized carbons (Fsp3) is 0.300. The summed E-state index contributed by atoms with van der Waals surface area (Å²) in [6, 6.07) is 22.1. The van der Waals surface area contributed by atoms with Crippen LogP contribution in [0.2, 0.25) is 0 Å². The van der Waals surface area contributed by atoms with Crippen LogP contribution in [0.15, 0.2) is 83.8 Å². The summed E-state index contributed by atoms with van der Waals surface area (Å²) in [6.45, 7) is 3.29. The summed E-state index contributed by atoms with van der Waals surface area (Å²) in [6.07, 6.45) is 1.88. The van der Waals surface area contributed by atoms with E-state index in [4.69, 9.17) is 4.74 Å². The van der Waals surface area contributed by atoms with Crippen molar-refractivity contribution < 1.29 is 27.5 Å². The summed E-state index contributed by atoms with van der Waals surface area (Å²) in [4.78, 5) is 41.6. The number of ether oxygens (including phenoxy) is 1. The summed E-state index contributed by atoms with van der Waals surface area (Å²) in [5.74, 6) is -0.841. The van der Waals surface area contributed by atoms with Crippen LogP contribution < -0.4 is 4.90 Å². The van der Waals surface area contributed by atoms with Gasteiger partial charge in [-0.05, 0) is 73.7 Å². The van der Waals surface area contributed by atoms with E-state index in [0.717, 1.165) is 18.4 Å². The zero-order valence-electron chi connectivity index (χ0n) is 22.1. The van der Waals surface area contributed by atoms with E-state index in [-0.39, 0.29) is 42.2 Å². The maximum atomic E-state index is 13.6. The van der Waals surface area contributed by atoms with Crippen LogP contribution in [0.4, 0.5) is 11.4 Å². The van der Waals surface area contributed by atoms with E-state index in [9.17, 15) is 22.8 Å². The molecule has 0 heterocycles. The summed E-state index contributed by atoms with van der Waals surface area (Å²) >= 11 is 0. The van der Waals surface area contributed by atoms with Crippen LogP contribution in [0.5, 0.6) is 0 Å². The Labute approximate surface area is 229 Å². The molecule has 0 bridgehead atoms. The van der Waals surface area contributed by atoms with Crippen molar-refractivity contribution in [2.24, 2.45) is 5.92 Å². The van der Waals surface area contributed by atoms with Gasteiger partial charge in [-0.25, -0.2) is 8.42 Å². The van der Waals surface area contributed by atoms with Gasteiger partial charge in [0.05, 0.1) is 17.3 Å².